The van der Waals surface area contributed by atoms with Gasteiger partial charge in [0.25, 0.3) is 0 Å². The molecule has 1 rings (SSSR count). The Morgan fingerprint density at radius 3 is 2.39 bits per heavy atom. The molecule has 0 radical (unpaired) electrons. The second-order valence-corrected chi connectivity index (χ2v) is 4.43. The van der Waals surface area contributed by atoms with Gasteiger partial charge in [0.1, 0.15) is 5.75 Å². The maximum absolute atomic E-state index is 9.53. The summed E-state index contributed by atoms with van der Waals surface area (Å²) in [5, 5.41) is 18.6. The number of rotatable bonds is 8. The standard InChI is InChI=1S/C14H22O4/c1-11(15)9-13(16)7-8-18-10-12-3-5-14(17-2)6-4-12/h3-6,11,13,15-16H,7-10H2,1-2H3/t11-,13-/m0/s1. The van der Waals surface area contributed by atoms with E-state index in [4.69, 9.17) is 14.6 Å². The molecule has 0 aromatic heterocycles. The molecule has 0 saturated heterocycles. The Balaban J connectivity index is 2.17. The van der Waals surface area contributed by atoms with E-state index in [2.05, 4.69) is 0 Å². The number of methoxy groups -OCH3 is 1. The van der Waals surface area contributed by atoms with Crippen LogP contribution in [-0.4, -0.2) is 36.1 Å². The van der Waals surface area contributed by atoms with Gasteiger partial charge >= 0.3 is 0 Å². The van der Waals surface area contributed by atoms with Crippen LogP contribution in [-0.2, 0) is 11.3 Å². The van der Waals surface area contributed by atoms with Gasteiger partial charge in [-0.1, -0.05) is 12.1 Å². The first kappa shape index (κ1) is 15.0. The van der Waals surface area contributed by atoms with Gasteiger partial charge in [0.15, 0.2) is 0 Å². The molecule has 0 aliphatic carbocycles. The van der Waals surface area contributed by atoms with Crippen molar-refractivity contribution in [2.24, 2.45) is 0 Å². The fourth-order valence-electron chi connectivity index (χ4n) is 1.64. The zero-order valence-electron chi connectivity index (χ0n) is 11.0. The van der Waals surface area contributed by atoms with Crippen molar-refractivity contribution in [3.63, 3.8) is 0 Å². The predicted octanol–water partition coefficient (Wildman–Crippen LogP) is 1.73. The van der Waals surface area contributed by atoms with Crippen LogP contribution < -0.4 is 4.74 Å². The zero-order chi connectivity index (χ0) is 13.4. The van der Waals surface area contributed by atoms with Crippen LogP contribution >= 0.6 is 0 Å². The molecule has 4 nitrogen and oxygen atoms in total. The molecule has 0 unspecified atom stereocenters. The third kappa shape index (κ3) is 6.00. The lowest BCUT2D eigenvalue weighted by Gasteiger charge is -2.12. The summed E-state index contributed by atoms with van der Waals surface area (Å²) in [5.74, 6) is 0.825. The fourth-order valence-corrected chi connectivity index (χ4v) is 1.64. The van der Waals surface area contributed by atoms with Crippen LogP contribution in [0.2, 0.25) is 0 Å². The van der Waals surface area contributed by atoms with Gasteiger partial charge in [0.05, 0.1) is 25.9 Å². The van der Waals surface area contributed by atoms with Crippen molar-refractivity contribution in [2.45, 2.75) is 38.6 Å². The topological polar surface area (TPSA) is 58.9 Å². The molecule has 18 heavy (non-hydrogen) atoms. The van der Waals surface area contributed by atoms with Crippen molar-refractivity contribution in [3.05, 3.63) is 29.8 Å². The predicted molar refractivity (Wildman–Crippen MR) is 69.6 cm³/mol. The first-order valence-corrected chi connectivity index (χ1v) is 6.18. The van der Waals surface area contributed by atoms with Crippen LogP contribution in [0, 0.1) is 0 Å². The van der Waals surface area contributed by atoms with Crippen molar-refractivity contribution >= 4 is 0 Å². The van der Waals surface area contributed by atoms with E-state index < -0.39 is 12.2 Å². The molecule has 0 spiro atoms. The van der Waals surface area contributed by atoms with Crippen LogP contribution in [0.5, 0.6) is 5.75 Å². The zero-order valence-corrected chi connectivity index (χ0v) is 11.0. The SMILES string of the molecule is COc1ccc(COCC[C@H](O)C[C@H](C)O)cc1. The molecule has 0 heterocycles. The second-order valence-electron chi connectivity index (χ2n) is 4.43. The third-order valence-electron chi connectivity index (χ3n) is 2.64. The summed E-state index contributed by atoms with van der Waals surface area (Å²) < 4.78 is 10.5. The lowest BCUT2D eigenvalue weighted by molar-refractivity contribution is 0.0461. The summed E-state index contributed by atoms with van der Waals surface area (Å²) in [6, 6.07) is 7.68. The van der Waals surface area contributed by atoms with Gasteiger partial charge < -0.3 is 19.7 Å². The third-order valence-corrected chi connectivity index (χ3v) is 2.64. The summed E-state index contributed by atoms with van der Waals surface area (Å²) in [7, 11) is 1.63. The molecule has 2 atom stereocenters. The number of benzene rings is 1. The molecule has 1 aromatic carbocycles. The minimum atomic E-state index is -0.499. The van der Waals surface area contributed by atoms with Gasteiger partial charge in [0, 0.05) is 6.61 Å². The number of hydrogen-bond acceptors (Lipinski definition) is 4. The Bertz CT molecular complexity index is 321. The number of aliphatic hydroxyl groups excluding tert-OH is 2. The number of ether oxygens (including phenoxy) is 2. The van der Waals surface area contributed by atoms with Crippen LogP contribution in [0.1, 0.15) is 25.3 Å². The van der Waals surface area contributed by atoms with E-state index in [0.717, 1.165) is 11.3 Å². The van der Waals surface area contributed by atoms with Gasteiger partial charge in [-0.15, -0.1) is 0 Å². The molecule has 0 amide bonds. The highest BCUT2D eigenvalue weighted by Crippen LogP contribution is 2.12. The minimum absolute atomic E-state index is 0.395. The van der Waals surface area contributed by atoms with Crippen LogP contribution in [0.15, 0.2) is 24.3 Å². The van der Waals surface area contributed by atoms with Crippen molar-refractivity contribution in [3.8, 4) is 5.75 Å². The van der Waals surface area contributed by atoms with Crippen molar-refractivity contribution in [1.82, 2.24) is 0 Å². The van der Waals surface area contributed by atoms with Crippen molar-refractivity contribution in [1.29, 1.82) is 0 Å². The van der Waals surface area contributed by atoms with Gasteiger partial charge in [-0.05, 0) is 37.5 Å². The molecule has 0 aliphatic heterocycles. The summed E-state index contributed by atoms with van der Waals surface area (Å²) in [5.41, 5.74) is 1.07. The van der Waals surface area contributed by atoms with Gasteiger partial charge in [0.2, 0.25) is 0 Å². The largest absolute Gasteiger partial charge is 0.497 e. The smallest absolute Gasteiger partial charge is 0.118 e. The molecule has 0 fully saturated rings. The quantitative estimate of drug-likeness (QED) is 0.694. The molecule has 1 aromatic rings. The van der Waals surface area contributed by atoms with Crippen LogP contribution in [0.25, 0.3) is 0 Å². The van der Waals surface area contributed by atoms with Crippen LogP contribution in [0.3, 0.4) is 0 Å². The highest BCUT2D eigenvalue weighted by molar-refractivity contribution is 5.26. The van der Waals surface area contributed by atoms with Gasteiger partial charge in [-0.25, -0.2) is 0 Å². The van der Waals surface area contributed by atoms with Gasteiger partial charge in [-0.2, -0.15) is 0 Å². The van der Waals surface area contributed by atoms with Gasteiger partial charge in [-0.3, -0.25) is 0 Å². The fraction of sp³-hybridized carbons (Fsp3) is 0.571. The second kappa shape index (κ2) is 8.08. The maximum Gasteiger partial charge on any atom is 0.118 e. The molecule has 4 heteroatoms. The monoisotopic (exact) mass is 254 g/mol. The van der Waals surface area contributed by atoms with E-state index in [1.54, 1.807) is 14.0 Å². The number of aliphatic hydroxyl groups is 2. The molecule has 0 saturated carbocycles. The van der Waals surface area contributed by atoms with E-state index in [0.29, 0.717) is 26.1 Å². The average Bonchev–Trinajstić information content (AvgIpc) is 2.34. The summed E-state index contributed by atoms with van der Waals surface area (Å²) in [6.45, 7) is 2.67. The average molecular weight is 254 g/mol. The van der Waals surface area contributed by atoms with E-state index in [-0.39, 0.29) is 0 Å². The maximum atomic E-state index is 9.53. The Kier molecular flexibility index (Phi) is 6.72. The Morgan fingerprint density at radius 2 is 1.83 bits per heavy atom. The normalized spacial score (nSPS) is 14.2. The van der Waals surface area contributed by atoms with Crippen LogP contribution in [0.4, 0.5) is 0 Å². The van der Waals surface area contributed by atoms with E-state index >= 15 is 0 Å². The number of hydrogen-bond donors (Lipinski definition) is 2. The lowest BCUT2D eigenvalue weighted by atomic mass is 10.1. The highest BCUT2D eigenvalue weighted by Gasteiger charge is 2.07. The molecule has 2 N–H and O–H groups in total. The lowest BCUT2D eigenvalue weighted by Crippen LogP contribution is -2.16. The Morgan fingerprint density at radius 1 is 1.17 bits per heavy atom. The van der Waals surface area contributed by atoms with E-state index in [1.165, 1.54) is 0 Å². The summed E-state index contributed by atoms with van der Waals surface area (Å²) in [6.07, 6.45) is -0.0325. The van der Waals surface area contributed by atoms with Crippen molar-refractivity contribution in [2.75, 3.05) is 13.7 Å². The minimum Gasteiger partial charge on any atom is -0.497 e. The molecular weight excluding hydrogens is 232 g/mol. The van der Waals surface area contributed by atoms with Crippen molar-refractivity contribution < 1.29 is 19.7 Å². The molecule has 102 valence electrons. The first-order valence-electron chi connectivity index (χ1n) is 6.18. The molecule has 0 aliphatic rings. The Hall–Kier alpha value is -1.10. The first-order chi connectivity index (χ1) is 8.61. The molecule has 0 bridgehead atoms. The van der Waals surface area contributed by atoms with E-state index in [9.17, 15) is 5.11 Å². The highest BCUT2D eigenvalue weighted by atomic mass is 16.5. The molecular formula is C14H22O4. The Labute approximate surface area is 108 Å². The summed E-state index contributed by atoms with van der Waals surface area (Å²) >= 11 is 0. The van der Waals surface area contributed by atoms with E-state index in [1.807, 2.05) is 24.3 Å². The summed E-state index contributed by atoms with van der Waals surface area (Å²) in [4.78, 5) is 0.